The van der Waals surface area contributed by atoms with Crippen LogP contribution in [0.2, 0.25) is 0 Å². The van der Waals surface area contributed by atoms with Crippen molar-refractivity contribution >= 4 is 7.60 Å². The predicted molar refractivity (Wildman–Crippen MR) is 81.0 cm³/mol. The molecule has 0 bridgehead atoms. The highest BCUT2D eigenvalue weighted by molar-refractivity contribution is 7.53. The molecule has 0 radical (unpaired) electrons. The second-order valence-electron chi connectivity index (χ2n) is 6.31. The van der Waals surface area contributed by atoms with Gasteiger partial charge in [-0.3, -0.25) is 4.57 Å². The van der Waals surface area contributed by atoms with Crippen LogP contribution in [-0.2, 0) is 4.57 Å². The first-order valence-corrected chi connectivity index (χ1v) is 9.12. The van der Waals surface area contributed by atoms with Gasteiger partial charge in [0.05, 0.1) is 0 Å². The average molecular weight is 293 g/mol. The summed E-state index contributed by atoms with van der Waals surface area (Å²) in [6.07, 6.45) is 9.75. The Morgan fingerprint density at radius 3 is 1.84 bits per heavy atom. The van der Waals surface area contributed by atoms with Crippen molar-refractivity contribution in [1.82, 2.24) is 0 Å². The molecule has 0 aromatic carbocycles. The molecule has 116 valence electrons. The zero-order valence-electron chi connectivity index (χ0n) is 12.8. The molecule has 0 amide bonds. The van der Waals surface area contributed by atoms with Crippen molar-refractivity contribution in [2.75, 3.05) is 0 Å². The van der Waals surface area contributed by atoms with E-state index in [2.05, 4.69) is 13.8 Å². The van der Waals surface area contributed by atoms with E-state index in [-0.39, 0.29) is 0 Å². The van der Waals surface area contributed by atoms with E-state index in [0.29, 0.717) is 6.42 Å². The molecule has 0 saturated heterocycles. The van der Waals surface area contributed by atoms with Crippen molar-refractivity contribution in [3.8, 4) is 0 Å². The van der Waals surface area contributed by atoms with Gasteiger partial charge in [0, 0.05) is 0 Å². The lowest BCUT2D eigenvalue weighted by atomic mass is 10.0. The Kier molecular flexibility index (Phi) is 9.17. The molecule has 0 aliphatic rings. The third-order valence-electron chi connectivity index (χ3n) is 3.63. The monoisotopic (exact) mass is 293 g/mol. The second-order valence-corrected chi connectivity index (χ2v) is 8.42. The molecule has 0 aliphatic heterocycles. The molecule has 0 heterocycles. The summed E-state index contributed by atoms with van der Waals surface area (Å²) < 4.78 is 11.1. The predicted octanol–water partition coefficient (Wildman–Crippen LogP) is 4.01. The second kappa shape index (κ2) is 9.12. The fraction of sp³-hybridized carbons (Fsp3) is 1.00. The Labute approximate surface area is 118 Å². The fourth-order valence-electron chi connectivity index (χ4n) is 2.07. The maximum absolute atomic E-state index is 11.1. The minimum absolute atomic E-state index is 0.393. The minimum Gasteiger partial charge on any atom is -0.323 e. The van der Waals surface area contributed by atoms with Crippen LogP contribution in [0.1, 0.15) is 78.6 Å². The Morgan fingerprint density at radius 2 is 1.42 bits per heavy atom. The minimum atomic E-state index is -4.17. The van der Waals surface area contributed by atoms with E-state index in [9.17, 15) is 4.57 Å². The SMILES string of the molecule is CC(C)CCCCCCCCCC(C)(N)P(=O)(O)O. The fourth-order valence-corrected chi connectivity index (χ4v) is 2.51. The Balaban J connectivity index is 3.44. The highest BCUT2D eigenvalue weighted by atomic mass is 31.2. The summed E-state index contributed by atoms with van der Waals surface area (Å²) in [5.74, 6) is 0.801. The Hall–Kier alpha value is 0.110. The molecule has 1 unspecified atom stereocenters. The van der Waals surface area contributed by atoms with Crippen molar-refractivity contribution in [3.63, 3.8) is 0 Å². The van der Waals surface area contributed by atoms with Gasteiger partial charge in [0.2, 0.25) is 0 Å². The van der Waals surface area contributed by atoms with E-state index in [0.717, 1.165) is 25.2 Å². The van der Waals surface area contributed by atoms with Crippen molar-refractivity contribution in [2.24, 2.45) is 11.7 Å². The van der Waals surface area contributed by atoms with E-state index in [1.54, 1.807) is 0 Å². The van der Waals surface area contributed by atoms with Gasteiger partial charge >= 0.3 is 7.60 Å². The maximum Gasteiger partial charge on any atom is 0.344 e. The highest BCUT2D eigenvalue weighted by Crippen LogP contribution is 2.49. The topological polar surface area (TPSA) is 83.6 Å². The van der Waals surface area contributed by atoms with Crippen LogP contribution in [0.5, 0.6) is 0 Å². The smallest absolute Gasteiger partial charge is 0.323 e. The van der Waals surface area contributed by atoms with Crippen LogP contribution >= 0.6 is 7.60 Å². The first-order chi connectivity index (χ1) is 8.67. The molecular weight excluding hydrogens is 261 g/mol. The zero-order valence-corrected chi connectivity index (χ0v) is 13.7. The van der Waals surface area contributed by atoms with E-state index < -0.39 is 12.9 Å². The van der Waals surface area contributed by atoms with Gasteiger partial charge in [-0.1, -0.05) is 65.2 Å². The summed E-state index contributed by atoms with van der Waals surface area (Å²) >= 11 is 0. The van der Waals surface area contributed by atoms with Crippen molar-refractivity contribution in [1.29, 1.82) is 0 Å². The molecular formula is C14H32NO3P. The van der Waals surface area contributed by atoms with Crippen LogP contribution in [0.4, 0.5) is 0 Å². The zero-order chi connectivity index (χ0) is 14.9. The van der Waals surface area contributed by atoms with E-state index in [1.807, 2.05) is 0 Å². The molecule has 0 aliphatic carbocycles. The van der Waals surface area contributed by atoms with Crippen LogP contribution in [0.15, 0.2) is 0 Å². The van der Waals surface area contributed by atoms with Crippen LogP contribution in [0, 0.1) is 5.92 Å². The third kappa shape index (κ3) is 9.61. The van der Waals surface area contributed by atoms with Crippen molar-refractivity contribution in [2.45, 2.75) is 83.8 Å². The van der Waals surface area contributed by atoms with Gasteiger partial charge in [0.25, 0.3) is 0 Å². The average Bonchev–Trinajstić information content (AvgIpc) is 2.24. The van der Waals surface area contributed by atoms with Gasteiger partial charge in [-0.05, 0) is 19.3 Å². The molecule has 0 aromatic heterocycles. The van der Waals surface area contributed by atoms with Gasteiger partial charge in [-0.2, -0.15) is 0 Å². The quantitative estimate of drug-likeness (QED) is 0.397. The summed E-state index contributed by atoms with van der Waals surface area (Å²) in [6, 6.07) is 0. The molecule has 4 N–H and O–H groups in total. The van der Waals surface area contributed by atoms with Gasteiger partial charge in [-0.15, -0.1) is 0 Å². The summed E-state index contributed by atoms with van der Waals surface area (Å²) in [4.78, 5) is 18.2. The van der Waals surface area contributed by atoms with Gasteiger partial charge in [-0.25, -0.2) is 0 Å². The van der Waals surface area contributed by atoms with Gasteiger partial charge < -0.3 is 15.5 Å². The molecule has 1 atom stereocenters. The summed E-state index contributed by atoms with van der Waals surface area (Å²) in [6.45, 7) is 5.95. The number of nitrogens with two attached hydrogens (primary N) is 1. The van der Waals surface area contributed by atoms with E-state index in [4.69, 9.17) is 15.5 Å². The molecule has 0 fully saturated rings. The summed E-state index contributed by atoms with van der Waals surface area (Å²) in [5, 5.41) is -1.36. The first kappa shape index (κ1) is 19.1. The van der Waals surface area contributed by atoms with Crippen LogP contribution in [0.3, 0.4) is 0 Å². The normalized spacial score (nSPS) is 15.7. The number of hydrogen-bond acceptors (Lipinski definition) is 2. The largest absolute Gasteiger partial charge is 0.344 e. The van der Waals surface area contributed by atoms with Crippen LogP contribution in [0.25, 0.3) is 0 Å². The Bertz CT molecular complexity index is 274. The molecule has 0 saturated carbocycles. The number of unbranched alkanes of at least 4 members (excludes halogenated alkanes) is 6. The molecule has 5 heteroatoms. The van der Waals surface area contributed by atoms with E-state index in [1.165, 1.54) is 39.0 Å². The lowest BCUT2D eigenvalue weighted by Crippen LogP contribution is -2.35. The molecule has 0 spiro atoms. The van der Waals surface area contributed by atoms with Gasteiger partial charge in [0.1, 0.15) is 5.28 Å². The number of rotatable bonds is 11. The highest BCUT2D eigenvalue weighted by Gasteiger charge is 2.37. The number of hydrogen-bond donors (Lipinski definition) is 3. The van der Waals surface area contributed by atoms with E-state index >= 15 is 0 Å². The summed E-state index contributed by atoms with van der Waals surface area (Å²) in [7, 11) is -4.17. The first-order valence-electron chi connectivity index (χ1n) is 7.51. The Morgan fingerprint density at radius 1 is 1.00 bits per heavy atom. The van der Waals surface area contributed by atoms with Crippen molar-refractivity contribution < 1.29 is 14.4 Å². The summed E-state index contributed by atoms with van der Waals surface area (Å²) in [5.41, 5.74) is 5.64. The van der Waals surface area contributed by atoms with Gasteiger partial charge in [0.15, 0.2) is 0 Å². The lowest BCUT2D eigenvalue weighted by molar-refractivity contribution is 0.321. The van der Waals surface area contributed by atoms with Crippen molar-refractivity contribution in [3.05, 3.63) is 0 Å². The van der Waals surface area contributed by atoms with Crippen LogP contribution in [-0.4, -0.2) is 15.1 Å². The molecule has 4 nitrogen and oxygen atoms in total. The molecule has 0 aromatic rings. The molecule has 19 heavy (non-hydrogen) atoms. The standard InChI is InChI=1S/C14H32NO3P/c1-13(2)11-9-7-5-4-6-8-10-12-14(3,15)19(16,17)18/h13H,4-12,15H2,1-3H3,(H2,16,17,18). The molecule has 0 rings (SSSR count). The lowest BCUT2D eigenvalue weighted by Gasteiger charge is -2.25. The maximum atomic E-state index is 11.1. The third-order valence-corrected chi connectivity index (χ3v) is 5.18. The van der Waals surface area contributed by atoms with Crippen LogP contribution < -0.4 is 5.73 Å².